The first kappa shape index (κ1) is 27.6. The molecule has 8 nitrogen and oxygen atoms in total. The molecule has 0 bridgehead atoms. The number of methoxy groups -OCH3 is 1. The second-order valence-electron chi connectivity index (χ2n) is 9.78. The van der Waals surface area contributed by atoms with E-state index in [2.05, 4.69) is 21.2 Å². The predicted molar refractivity (Wildman–Crippen MR) is 157 cm³/mol. The number of carbonyl (C=O) groups is 2. The number of aryl methyl sites for hydroxylation is 2. The number of amides is 2. The monoisotopic (exact) mass is 602 g/mol. The lowest BCUT2D eigenvalue weighted by atomic mass is 10.0. The maximum atomic E-state index is 13.9. The van der Waals surface area contributed by atoms with Crippen molar-refractivity contribution in [3.05, 3.63) is 105 Å². The lowest BCUT2D eigenvalue weighted by Gasteiger charge is -2.36. The van der Waals surface area contributed by atoms with Crippen LogP contribution in [-0.4, -0.2) is 53.4 Å². The Hall–Kier alpha value is -3.95. The van der Waals surface area contributed by atoms with Crippen LogP contribution in [0, 0.1) is 20.8 Å². The van der Waals surface area contributed by atoms with Crippen LogP contribution >= 0.6 is 15.9 Å². The molecule has 0 spiro atoms. The smallest absolute Gasteiger partial charge is 0.255 e. The summed E-state index contributed by atoms with van der Waals surface area (Å²) >= 11 is 3.39. The second-order valence-corrected chi connectivity index (χ2v) is 10.7. The molecule has 2 heterocycles. The van der Waals surface area contributed by atoms with Gasteiger partial charge in [0.25, 0.3) is 11.8 Å². The molecule has 4 aromatic rings. The predicted octanol–water partition coefficient (Wildman–Crippen LogP) is 6.03. The third kappa shape index (κ3) is 5.52. The molecule has 1 N–H and O–H groups in total. The number of hydrogen-bond acceptors (Lipinski definition) is 5. The number of benzene rings is 3. The summed E-state index contributed by atoms with van der Waals surface area (Å²) in [4.78, 5) is 28.7. The molecule has 1 fully saturated rings. The van der Waals surface area contributed by atoms with Crippen LogP contribution in [0.1, 0.15) is 49.3 Å². The number of carbonyl (C=O) groups excluding carboxylic acids is 2. The molecular weight excluding hydrogens is 572 g/mol. The number of hydrogen-bond donors (Lipinski definition) is 1. The minimum Gasteiger partial charge on any atom is -0.497 e. The van der Waals surface area contributed by atoms with Crippen LogP contribution < -0.4 is 10.1 Å². The van der Waals surface area contributed by atoms with E-state index in [4.69, 9.17) is 14.6 Å². The minimum atomic E-state index is -0.303. The van der Waals surface area contributed by atoms with E-state index >= 15 is 0 Å². The Kier molecular flexibility index (Phi) is 8.04. The van der Waals surface area contributed by atoms with E-state index in [9.17, 15) is 9.59 Å². The highest BCUT2D eigenvalue weighted by Gasteiger charge is 2.33. The third-order valence-electron chi connectivity index (χ3n) is 7.21. The molecule has 3 aromatic carbocycles. The number of morpholine rings is 1. The summed E-state index contributed by atoms with van der Waals surface area (Å²) in [5.41, 5.74) is 6.11. The van der Waals surface area contributed by atoms with Crippen LogP contribution in [0.2, 0.25) is 0 Å². The van der Waals surface area contributed by atoms with E-state index in [1.54, 1.807) is 31.4 Å². The molecule has 9 heteroatoms. The van der Waals surface area contributed by atoms with Gasteiger partial charge >= 0.3 is 0 Å². The third-order valence-corrected chi connectivity index (χ3v) is 7.74. The highest BCUT2D eigenvalue weighted by Crippen LogP contribution is 2.33. The van der Waals surface area contributed by atoms with Crippen molar-refractivity contribution in [3.63, 3.8) is 0 Å². The maximum absolute atomic E-state index is 13.9. The number of nitrogens with one attached hydrogen (secondary N) is 1. The molecule has 1 saturated heterocycles. The molecule has 1 aromatic heterocycles. The summed E-state index contributed by atoms with van der Waals surface area (Å²) in [5, 5.41) is 7.77. The summed E-state index contributed by atoms with van der Waals surface area (Å²) in [7, 11) is 1.64. The van der Waals surface area contributed by atoms with Gasteiger partial charge in [0.05, 0.1) is 37.7 Å². The molecular formula is C31H31BrN4O4. The van der Waals surface area contributed by atoms with Crippen molar-refractivity contribution in [1.82, 2.24) is 14.7 Å². The van der Waals surface area contributed by atoms with Gasteiger partial charge in [-0.2, -0.15) is 5.10 Å². The van der Waals surface area contributed by atoms with E-state index in [-0.39, 0.29) is 17.9 Å². The van der Waals surface area contributed by atoms with Crippen LogP contribution in [0.4, 0.5) is 5.69 Å². The van der Waals surface area contributed by atoms with Gasteiger partial charge < -0.3 is 19.7 Å². The largest absolute Gasteiger partial charge is 0.497 e. The average Bonchev–Trinajstić information content (AvgIpc) is 3.27. The second kappa shape index (κ2) is 11.7. The van der Waals surface area contributed by atoms with Gasteiger partial charge in [-0.05, 0) is 74.9 Å². The molecule has 40 heavy (non-hydrogen) atoms. The first-order valence-corrected chi connectivity index (χ1v) is 13.8. The van der Waals surface area contributed by atoms with Gasteiger partial charge in [-0.1, -0.05) is 28.1 Å². The zero-order chi connectivity index (χ0) is 28.4. The molecule has 0 radical (unpaired) electrons. The standard InChI is InChI=1S/C31H31BrN4O4/c1-19-8-9-23(16-27(19)33-30(37)22-10-12-24(32)13-11-22)31(38)35-14-15-40-18-28(35)29-20(2)34-36(21(29)3)25-6-5-7-26(17-25)39-4/h5-13,16-17,28H,14-15,18H2,1-4H3,(H,33,37). The summed E-state index contributed by atoms with van der Waals surface area (Å²) in [6.45, 7) is 7.13. The number of anilines is 1. The van der Waals surface area contributed by atoms with E-state index in [0.29, 0.717) is 36.6 Å². The van der Waals surface area contributed by atoms with E-state index in [1.165, 1.54) is 0 Å². The van der Waals surface area contributed by atoms with Crippen molar-refractivity contribution in [2.24, 2.45) is 0 Å². The first-order chi connectivity index (χ1) is 19.3. The first-order valence-electron chi connectivity index (χ1n) is 13.0. The van der Waals surface area contributed by atoms with Gasteiger partial charge in [0.15, 0.2) is 0 Å². The fraction of sp³-hybridized carbons (Fsp3) is 0.258. The van der Waals surface area contributed by atoms with Gasteiger partial charge in [-0.25, -0.2) is 4.68 Å². The van der Waals surface area contributed by atoms with Crippen molar-refractivity contribution in [3.8, 4) is 11.4 Å². The molecule has 5 rings (SSSR count). The number of ether oxygens (including phenoxy) is 2. The van der Waals surface area contributed by atoms with Gasteiger partial charge in [-0.15, -0.1) is 0 Å². The molecule has 0 saturated carbocycles. The van der Waals surface area contributed by atoms with Crippen molar-refractivity contribution >= 4 is 33.4 Å². The van der Waals surface area contributed by atoms with Crippen LogP contribution in [-0.2, 0) is 4.74 Å². The fourth-order valence-electron chi connectivity index (χ4n) is 5.07. The Bertz CT molecular complexity index is 1560. The van der Waals surface area contributed by atoms with Gasteiger partial charge in [-0.3, -0.25) is 9.59 Å². The van der Waals surface area contributed by atoms with E-state index < -0.39 is 0 Å². The van der Waals surface area contributed by atoms with Crippen molar-refractivity contribution in [2.45, 2.75) is 26.8 Å². The summed E-state index contributed by atoms with van der Waals surface area (Å²) in [5.74, 6) is 0.382. The quantitative estimate of drug-likeness (QED) is 0.291. The molecule has 1 aliphatic heterocycles. The molecule has 206 valence electrons. The molecule has 1 atom stereocenters. The van der Waals surface area contributed by atoms with Crippen molar-refractivity contribution in [2.75, 3.05) is 32.2 Å². The van der Waals surface area contributed by atoms with Crippen LogP contribution in [0.25, 0.3) is 5.69 Å². The normalized spacial score (nSPS) is 15.1. The Labute approximate surface area is 242 Å². The van der Waals surface area contributed by atoms with Crippen molar-refractivity contribution in [1.29, 1.82) is 0 Å². The lowest BCUT2D eigenvalue weighted by Crippen LogP contribution is -2.43. The molecule has 1 aliphatic rings. The van der Waals surface area contributed by atoms with Gasteiger partial charge in [0, 0.05) is 45.2 Å². The van der Waals surface area contributed by atoms with Crippen LogP contribution in [0.15, 0.2) is 71.2 Å². The maximum Gasteiger partial charge on any atom is 0.255 e. The van der Waals surface area contributed by atoms with Crippen molar-refractivity contribution < 1.29 is 19.1 Å². The summed E-state index contributed by atoms with van der Waals surface area (Å²) in [6.07, 6.45) is 0. The minimum absolute atomic E-state index is 0.125. The van der Waals surface area contributed by atoms with Crippen LogP contribution in [0.3, 0.4) is 0 Å². The zero-order valence-corrected chi connectivity index (χ0v) is 24.5. The molecule has 0 aliphatic carbocycles. The van der Waals surface area contributed by atoms with Gasteiger partial charge in [0.1, 0.15) is 5.75 Å². The van der Waals surface area contributed by atoms with E-state index in [0.717, 1.165) is 38.4 Å². The SMILES string of the molecule is COc1cccc(-n2nc(C)c(C3COCCN3C(=O)c3ccc(C)c(NC(=O)c4ccc(Br)cc4)c3)c2C)c1. The Morgan fingerprint density at radius 3 is 2.52 bits per heavy atom. The highest BCUT2D eigenvalue weighted by molar-refractivity contribution is 9.10. The number of aromatic nitrogens is 2. The molecule has 2 amide bonds. The van der Waals surface area contributed by atoms with Gasteiger partial charge in [0.2, 0.25) is 0 Å². The average molecular weight is 604 g/mol. The zero-order valence-electron chi connectivity index (χ0n) is 22.9. The summed E-state index contributed by atoms with van der Waals surface area (Å²) < 4.78 is 14.0. The number of halogens is 1. The Morgan fingerprint density at radius 2 is 1.77 bits per heavy atom. The van der Waals surface area contributed by atoms with E-state index in [1.807, 2.05) is 72.8 Å². The lowest BCUT2D eigenvalue weighted by molar-refractivity contribution is -0.00303. The Balaban J connectivity index is 1.43. The highest BCUT2D eigenvalue weighted by atomic mass is 79.9. The Morgan fingerprint density at radius 1 is 1.02 bits per heavy atom. The topological polar surface area (TPSA) is 85.7 Å². The number of rotatable bonds is 6. The fourth-order valence-corrected chi connectivity index (χ4v) is 5.33. The van der Waals surface area contributed by atoms with Crippen LogP contribution in [0.5, 0.6) is 5.75 Å². The molecule has 1 unspecified atom stereocenters. The summed E-state index contributed by atoms with van der Waals surface area (Å²) in [6, 6.07) is 20.0. The number of nitrogens with zero attached hydrogens (tertiary/aromatic N) is 3.